The second kappa shape index (κ2) is 5.62. The summed E-state index contributed by atoms with van der Waals surface area (Å²) in [7, 11) is 0. The highest BCUT2D eigenvalue weighted by atomic mass is 16.4. The van der Waals surface area contributed by atoms with Gasteiger partial charge in [0.1, 0.15) is 0 Å². The van der Waals surface area contributed by atoms with Crippen molar-refractivity contribution in [3.05, 3.63) is 0 Å². The van der Waals surface area contributed by atoms with Gasteiger partial charge in [0, 0.05) is 0 Å². The third kappa shape index (κ3) is 4.25. The molecule has 0 aromatic heterocycles. The van der Waals surface area contributed by atoms with Gasteiger partial charge in [0.25, 0.3) is 0 Å². The molecule has 0 heterocycles. The van der Waals surface area contributed by atoms with Crippen molar-refractivity contribution < 1.29 is 19.8 Å². The summed E-state index contributed by atoms with van der Waals surface area (Å²) < 4.78 is 0. The molecule has 0 aromatic carbocycles. The van der Waals surface area contributed by atoms with Crippen molar-refractivity contribution in [1.82, 2.24) is 0 Å². The molecule has 4 heteroatoms. The highest BCUT2D eigenvalue weighted by Crippen LogP contribution is 2.20. The van der Waals surface area contributed by atoms with Gasteiger partial charge in [0.15, 0.2) is 0 Å². The molecule has 14 heavy (non-hydrogen) atoms. The number of carboxylic acid groups (broad SMARTS) is 2. The minimum Gasteiger partial charge on any atom is -0.481 e. The first kappa shape index (κ1) is 12.9. The quantitative estimate of drug-likeness (QED) is 0.689. The number of carboxylic acids is 2. The van der Waals surface area contributed by atoms with Crippen molar-refractivity contribution in [3.8, 4) is 0 Å². The molecule has 0 fully saturated rings. The number of aliphatic carboxylic acids is 2. The Morgan fingerprint density at radius 1 is 1.00 bits per heavy atom. The Morgan fingerprint density at radius 2 is 1.50 bits per heavy atom. The summed E-state index contributed by atoms with van der Waals surface area (Å²) in [5.74, 6) is -2.55. The molecule has 0 amide bonds. The Morgan fingerprint density at radius 3 is 1.79 bits per heavy atom. The Kier molecular flexibility index (Phi) is 5.20. The normalized spacial score (nSPS) is 15.1. The van der Waals surface area contributed by atoms with Gasteiger partial charge in [-0.3, -0.25) is 9.59 Å². The first-order valence-electron chi connectivity index (χ1n) is 4.81. The molecule has 0 radical (unpaired) electrons. The van der Waals surface area contributed by atoms with Gasteiger partial charge < -0.3 is 10.2 Å². The minimum absolute atomic E-state index is 0.0495. The monoisotopic (exact) mass is 202 g/mol. The lowest BCUT2D eigenvalue weighted by molar-refractivity contribution is -0.145. The molecule has 2 atom stereocenters. The molecule has 0 saturated carbocycles. The van der Waals surface area contributed by atoms with Crippen LogP contribution in [0.15, 0.2) is 0 Å². The smallest absolute Gasteiger partial charge is 0.306 e. The van der Waals surface area contributed by atoms with E-state index in [2.05, 4.69) is 0 Å². The molecule has 0 rings (SSSR count). The molecule has 82 valence electrons. The molecular weight excluding hydrogens is 184 g/mol. The van der Waals surface area contributed by atoms with Gasteiger partial charge in [-0.15, -0.1) is 0 Å². The average Bonchev–Trinajstić information content (AvgIpc) is 2.02. The summed E-state index contributed by atoms with van der Waals surface area (Å²) in [6.07, 6.45) is 0.852. The summed E-state index contributed by atoms with van der Waals surface area (Å²) in [6.45, 7) is 5.27. The fourth-order valence-electron chi connectivity index (χ4n) is 1.29. The second-order valence-electron chi connectivity index (χ2n) is 4.01. The van der Waals surface area contributed by atoms with Gasteiger partial charge in [0.05, 0.1) is 11.8 Å². The van der Waals surface area contributed by atoms with E-state index in [0.717, 1.165) is 0 Å². The third-order valence-electron chi connectivity index (χ3n) is 2.45. The van der Waals surface area contributed by atoms with Crippen LogP contribution < -0.4 is 0 Å². The van der Waals surface area contributed by atoms with E-state index in [-0.39, 0.29) is 5.92 Å². The zero-order valence-electron chi connectivity index (χ0n) is 8.86. The van der Waals surface area contributed by atoms with Crippen molar-refractivity contribution in [2.75, 3.05) is 0 Å². The van der Waals surface area contributed by atoms with Crippen molar-refractivity contribution in [1.29, 1.82) is 0 Å². The lowest BCUT2D eigenvalue weighted by Gasteiger charge is -2.16. The van der Waals surface area contributed by atoms with Crippen LogP contribution in [0.25, 0.3) is 0 Å². The Bertz CT molecular complexity index is 210. The molecule has 0 spiro atoms. The summed E-state index contributed by atoms with van der Waals surface area (Å²) in [4.78, 5) is 21.3. The van der Waals surface area contributed by atoms with Crippen LogP contribution in [-0.4, -0.2) is 22.2 Å². The van der Waals surface area contributed by atoms with Crippen molar-refractivity contribution in [3.63, 3.8) is 0 Å². The lowest BCUT2D eigenvalue weighted by atomic mass is 9.88. The molecule has 0 aliphatic heterocycles. The molecule has 0 bridgehead atoms. The van der Waals surface area contributed by atoms with E-state index in [9.17, 15) is 9.59 Å². The molecule has 4 nitrogen and oxygen atoms in total. The van der Waals surface area contributed by atoms with Crippen LogP contribution in [0, 0.1) is 17.8 Å². The Balaban J connectivity index is 4.07. The van der Waals surface area contributed by atoms with E-state index in [1.807, 2.05) is 13.8 Å². The summed E-state index contributed by atoms with van der Waals surface area (Å²) >= 11 is 0. The van der Waals surface area contributed by atoms with E-state index >= 15 is 0 Å². The van der Waals surface area contributed by atoms with E-state index in [0.29, 0.717) is 12.8 Å². The largest absolute Gasteiger partial charge is 0.481 e. The minimum atomic E-state index is -0.863. The fraction of sp³-hybridized carbons (Fsp3) is 0.800. The number of hydrogen-bond donors (Lipinski definition) is 2. The van der Waals surface area contributed by atoms with Crippen LogP contribution >= 0.6 is 0 Å². The van der Waals surface area contributed by atoms with E-state index in [4.69, 9.17) is 10.2 Å². The van der Waals surface area contributed by atoms with Crippen LogP contribution in [0.3, 0.4) is 0 Å². The third-order valence-corrected chi connectivity index (χ3v) is 2.45. The van der Waals surface area contributed by atoms with Gasteiger partial charge in [-0.05, 0) is 18.8 Å². The first-order valence-corrected chi connectivity index (χ1v) is 4.81. The van der Waals surface area contributed by atoms with Crippen molar-refractivity contribution in [2.45, 2.75) is 33.6 Å². The maximum absolute atomic E-state index is 10.8. The summed E-state index contributed by atoms with van der Waals surface area (Å²) in [5, 5.41) is 17.5. The zero-order chi connectivity index (χ0) is 11.3. The van der Waals surface area contributed by atoms with E-state index in [1.165, 1.54) is 0 Å². The molecule has 0 saturated heterocycles. The van der Waals surface area contributed by atoms with Gasteiger partial charge in [-0.2, -0.15) is 0 Å². The highest BCUT2D eigenvalue weighted by molar-refractivity contribution is 5.71. The van der Waals surface area contributed by atoms with Crippen LogP contribution in [0.1, 0.15) is 33.6 Å². The standard InChI is InChI=1S/C10H18O4/c1-6(2)8(10(13)14)5-4-7(3)9(11)12/h6-8H,4-5H2,1-3H3,(H,11,12)(H,13,14)/t7-,8-/m0/s1. The average molecular weight is 202 g/mol. The summed E-state index contributed by atoms with van der Waals surface area (Å²) in [6, 6.07) is 0. The highest BCUT2D eigenvalue weighted by Gasteiger charge is 2.23. The van der Waals surface area contributed by atoms with Crippen LogP contribution in [0.2, 0.25) is 0 Å². The topological polar surface area (TPSA) is 74.6 Å². The molecule has 0 aliphatic carbocycles. The molecule has 0 aliphatic rings. The van der Waals surface area contributed by atoms with Crippen LogP contribution in [-0.2, 0) is 9.59 Å². The van der Waals surface area contributed by atoms with E-state index < -0.39 is 23.8 Å². The molecular formula is C10H18O4. The SMILES string of the molecule is CC(C)[C@H](CC[C@H](C)C(=O)O)C(=O)O. The maximum Gasteiger partial charge on any atom is 0.306 e. The molecule has 0 unspecified atom stereocenters. The maximum atomic E-state index is 10.8. The zero-order valence-corrected chi connectivity index (χ0v) is 8.86. The molecule has 2 N–H and O–H groups in total. The summed E-state index contributed by atoms with van der Waals surface area (Å²) in [5.41, 5.74) is 0. The van der Waals surface area contributed by atoms with Crippen molar-refractivity contribution in [2.24, 2.45) is 17.8 Å². The predicted octanol–water partition coefficient (Wildman–Crippen LogP) is 1.84. The predicted molar refractivity (Wildman–Crippen MR) is 52.0 cm³/mol. The Hall–Kier alpha value is -1.06. The first-order chi connectivity index (χ1) is 6.36. The fourth-order valence-corrected chi connectivity index (χ4v) is 1.29. The Labute approximate surface area is 83.9 Å². The lowest BCUT2D eigenvalue weighted by Crippen LogP contribution is -2.21. The van der Waals surface area contributed by atoms with Gasteiger partial charge in [-0.1, -0.05) is 20.8 Å². The number of rotatable bonds is 6. The number of carbonyl (C=O) groups is 2. The number of hydrogen-bond acceptors (Lipinski definition) is 2. The van der Waals surface area contributed by atoms with Gasteiger partial charge in [0.2, 0.25) is 0 Å². The van der Waals surface area contributed by atoms with Gasteiger partial charge >= 0.3 is 11.9 Å². The van der Waals surface area contributed by atoms with E-state index in [1.54, 1.807) is 6.92 Å². The van der Waals surface area contributed by atoms with Crippen molar-refractivity contribution >= 4 is 11.9 Å². The second-order valence-corrected chi connectivity index (χ2v) is 4.01. The molecule has 0 aromatic rings. The van der Waals surface area contributed by atoms with Crippen LogP contribution in [0.4, 0.5) is 0 Å². The van der Waals surface area contributed by atoms with Crippen LogP contribution in [0.5, 0.6) is 0 Å². The van der Waals surface area contributed by atoms with Gasteiger partial charge in [-0.25, -0.2) is 0 Å².